The molecule has 0 spiro atoms. The van der Waals surface area contributed by atoms with E-state index in [1.165, 1.54) is 29.9 Å². The lowest BCUT2D eigenvalue weighted by Crippen LogP contribution is -2.43. The third-order valence-electron chi connectivity index (χ3n) is 3.13. The van der Waals surface area contributed by atoms with E-state index in [9.17, 15) is 0 Å². The molecule has 1 aromatic heterocycles. The van der Waals surface area contributed by atoms with Crippen molar-refractivity contribution in [2.24, 2.45) is 5.92 Å². The van der Waals surface area contributed by atoms with Crippen LogP contribution in [0.1, 0.15) is 5.69 Å². The smallest absolute Gasteiger partial charge is 0.0705 e. The highest BCUT2D eigenvalue weighted by atomic mass is 32.2. The predicted molar refractivity (Wildman–Crippen MR) is 74.3 cm³/mol. The minimum atomic E-state index is 0.875. The topological polar surface area (TPSA) is 24.9 Å². The van der Waals surface area contributed by atoms with E-state index in [0.717, 1.165) is 17.2 Å². The van der Waals surface area contributed by atoms with Gasteiger partial charge >= 0.3 is 0 Å². The van der Waals surface area contributed by atoms with Crippen molar-refractivity contribution in [3.05, 3.63) is 42.1 Å². The van der Waals surface area contributed by atoms with Crippen molar-refractivity contribution >= 4 is 22.7 Å². The van der Waals surface area contributed by atoms with Gasteiger partial charge in [-0.3, -0.25) is 4.98 Å². The number of hydrogen-bond acceptors (Lipinski definition) is 3. The molecule has 0 bridgehead atoms. The summed E-state index contributed by atoms with van der Waals surface area (Å²) in [6, 6.07) is 12.6. The van der Waals surface area contributed by atoms with Crippen molar-refractivity contribution in [1.29, 1.82) is 0 Å². The molecule has 0 atom stereocenters. The van der Waals surface area contributed by atoms with Crippen molar-refractivity contribution in [3.8, 4) is 0 Å². The highest BCUT2D eigenvalue weighted by Crippen LogP contribution is 2.18. The maximum Gasteiger partial charge on any atom is 0.0705 e. The molecule has 2 aromatic rings. The first-order chi connectivity index (χ1) is 8.42. The zero-order valence-electron chi connectivity index (χ0n) is 9.73. The molecule has 0 radical (unpaired) electrons. The summed E-state index contributed by atoms with van der Waals surface area (Å²) in [5, 5.41) is 4.53. The molecule has 1 fully saturated rings. The summed E-state index contributed by atoms with van der Waals surface area (Å²) in [6.07, 6.45) is 0. The van der Waals surface area contributed by atoms with E-state index >= 15 is 0 Å². The Hall–Kier alpha value is -1.06. The van der Waals surface area contributed by atoms with E-state index in [-0.39, 0.29) is 0 Å². The quantitative estimate of drug-likeness (QED) is 0.895. The number of rotatable bonds is 4. The monoisotopic (exact) mass is 244 g/mol. The first kappa shape index (κ1) is 11.1. The Kier molecular flexibility index (Phi) is 3.29. The summed E-state index contributed by atoms with van der Waals surface area (Å²) in [5.41, 5.74) is 2.30. The van der Waals surface area contributed by atoms with Crippen LogP contribution < -0.4 is 5.32 Å². The van der Waals surface area contributed by atoms with Crippen LogP contribution in [-0.4, -0.2) is 23.8 Å². The average molecular weight is 244 g/mol. The first-order valence-corrected chi connectivity index (χ1v) is 7.20. The van der Waals surface area contributed by atoms with Crippen LogP contribution in [0, 0.1) is 5.92 Å². The van der Waals surface area contributed by atoms with Crippen molar-refractivity contribution in [3.63, 3.8) is 0 Å². The maximum absolute atomic E-state index is 4.68. The van der Waals surface area contributed by atoms with E-state index < -0.39 is 0 Å². The van der Waals surface area contributed by atoms with Crippen LogP contribution in [-0.2, 0) is 5.75 Å². The van der Waals surface area contributed by atoms with Crippen molar-refractivity contribution < 1.29 is 0 Å². The number of aromatic nitrogens is 1. The maximum atomic E-state index is 4.68. The average Bonchev–Trinajstić information content (AvgIpc) is 2.32. The van der Waals surface area contributed by atoms with E-state index in [4.69, 9.17) is 0 Å². The molecule has 2 nitrogen and oxygen atoms in total. The van der Waals surface area contributed by atoms with E-state index in [2.05, 4.69) is 40.6 Å². The second-order valence-corrected chi connectivity index (χ2v) is 5.56. The standard InChI is InChI=1S/C14H16N2S/c1-2-4-14-12(3-1)5-6-13(16-14)10-17-9-11-7-15-8-11/h1-6,11,15H,7-10H2. The van der Waals surface area contributed by atoms with Crippen LogP contribution in [0.25, 0.3) is 10.9 Å². The summed E-state index contributed by atoms with van der Waals surface area (Å²) in [5.74, 6) is 3.16. The molecule has 0 aliphatic carbocycles. The molecule has 0 saturated carbocycles. The van der Waals surface area contributed by atoms with E-state index in [0.29, 0.717) is 0 Å². The molecule has 3 heteroatoms. The molecule has 17 heavy (non-hydrogen) atoms. The molecular weight excluding hydrogens is 228 g/mol. The summed E-state index contributed by atoms with van der Waals surface area (Å²) >= 11 is 2.00. The van der Waals surface area contributed by atoms with Gasteiger partial charge in [-0.05, 0) is 36.9 Å². The minimum Gasteiger partial charge on any atom is -0.316 e. The summed E-state index contributed by atoms with van der Waals surface area (Å²) in [4.78, 5) is 4.68. The highest BCUT2D eigenvalue weighted by Gasteiger charge is 2.15. The van der Waals surface area contributed by atoms with Gasteiger partial charge in [-0.2, -0.15) is 11.8 Å². The number of fused-ring (bicyclic) bond motifs is 1. The highest BCUT2D eigenvalue weighted by molar-refractivity contribution is 7.98. The molecule has 1 aliphatic heterocycles. The molecule has 1 saturated heterocycles. The fraction of sp³-hybridized carbons (Fsp3) is 0.357. The van der Waals surface area contributed by atoms with Gasteiger partial charge in [0.05, 0.1) is 11.2 Å². The van der Waals surface area contributed by atoms with Gasteiger partial charge in [0.25, 0.3) is 0 Å². The van der Waals surface area contributed by atoms with Gasteiger partial charge in [0.1, 0.15) is 0 Å². The van der Waals surface area contributed by atoms with Gasteiger partial charge in [-0.1, -0.05) is 24.3 Å². The molecule has 1 N–H and O–H groups in total. The number of nitrogens with one attached hydrogen (secondary N) is 1. The van der Waals surface area contributed by atoms with Crippen LogP contribution in [0.2, 0.25) is 0 Å². The number of nitrogens with zero attached hydrogens (tertiary/aromatic N) is 1. The van der Waals surface area contributed by atoms with Crippen molar-refractivity contribution in [2.45, 2.75) is 5.75 Å². The number of hydrogen-bond donors (Lipinski definition) is 1. The molecule has 3 rings (SSSR count). The first-order valence-electron chi connectivity index (χ1n) is 6.05. The normalized spacial score (nSPS) is 16.0. The largest absolute Gasteiger partial charge is 0.316 e. The number of thioether (sulfide) groups is 1. The van der Waals surface area contributed by atoms with Gasteiger partial charge < -0.3 is 5.32 Å². The molecule has 0 unspecified atom stereocenters. The second-order valence-electron chi connectivity index (χ2n) is 4.53. The van der Waals surface area contributed by atoms with Crippen LogP contribution in [0.15, 0.2) is 36.4 Å². The fourth-order valence-corrected chi connectivity index (χ4v) is 3.04. The predicted octanol–water partition coefficient (Wildman–Crippen LogP) is 2.69. The van der Waals surface area contributed by atoms with Crippen LogP contribution >= 0.6 is 11.8 Å². The Labute approximate surface area is 106 Å². The van der Waals surface area contributed by atoms with Crippen molar-refractivity contribution in [1.82, 2.24) is 10.3 Å². The number of pyridine rings is 1. The minimum absolute atomic E-state index is 0.875. The third kappa shape index (κ3) is 2.61. The van der Waals surface area contributed by atoms with E-state index in [1.807, 2.05) is 17.8 Å². The zero-order valence-corrected chi connectivity index (χ0v) is 10.5. The van der Waals surface area contributed by atoms with Crippen LogP contribution in [0.4, 0.5) is 0 Å². The van der Waals surface area contributed by atoms with Crippen molar-refractivity contribution in [2.75, 3.05) is 18.8 Å². The van der Waals surface area contributed by atoms with Crippen LogP contribution in [0.3, 0.4) is 0 Å². The zero-order chi connectivity index (χ0) is 11.5. The van der Waals surface area contributed by atoms with Gasteiger partial charge in [0, 0.05) is 11.1 Å². The summed E-state index contributed by atoms with van der Waals surface area (Å²) in [6.45, 7) is 2.39. The lowest BCUT2D eigenvalue weighted by atomic mass is 10.1. The lowest BCUT2D eigenvalue weighted by molar-refractivity contribution is 0.385. The molecule has 1 aromatic carbocycles. The van der Waals surface area contributed by atoms with Gasteiger partial charge in [-0.25, -0.2) is 0 Å². The Balaban J connectivity index is 1.63. The van der Waals surface area contributed by atoms with Gasteiger partial charge in [-0.15, -0.1) is 0 Å². The molecule has 88 valence electrons. The van der Waals surface area contributed by atoms with Crippen LogP contribution in [0.5, 0.6) is 0 Å². The number of benzene rings is 1. The Morgan fingerprint density at radius 2 is 2.06 bits per heavy atom. The Bertz CT molecular complexity index is 508. The molecule has 0 amide bonds. The lowest BCUT2D eigenvalue weighted by Gasteiger charge is -2.26. The Morgan fingerprint density at radius 1 is 1.18 bits per heavy atom. The van der Waals surface area contributed by atoms with E-state index in [1.54, 1.807) is 0 Å². The van der Waals surface area contributed by atoms with Gasteiger partial charge in [0.2, 0.25) is 0 Å². The summed E-state index contributed by atoms with van der Waals surface area (Å²) in [7, 11) is 0. The third-order valence-corrected chi connectivity index (χ3v) is 4.33. The summed E-state index contributed by atoms with van der Waals surface area (Å²) < 4.78 is 0. The molecule has 2 heterocycles. The van der Waals surface area contributed by atoms with Gasteiger partial charge in [0.15, 0.2) is 0 Å². The number of para-hydroxylation sites is 1. The SMILES string of the molecule is c1ccc2nc(CSCC3CNC3)ccc2c1. The fourth-order valence-electron chi connectivity index (χ4n) is 1.99. The second kappa shape index (κ2) is 5.07. The molecule has 1 aliphatic rings. The molecular formula is C14H16N2S. The Morgan fingerprint density at radius 3 is 2.88 bits per heavy atom.